The molecule has 0 saturated carbocycles. The number of rotatable bonds is 7. The van der Waals surface area contributed by atoms with Crippen LogP contribution in [0.4, 0.5) is 5.82 Å². The molecule has 1 aromatic heterocycles. The predicted molar refractivity (Wildman–Crippen MR) is 76.3 cm³/mol. The zero-order valence-corrected chi connectivity index (χ0v) is 12.4. The van der Waals surface area contributed by atoms with Crippen molar-refractivity contribution in [2.24, 2.45) is 0 Å². The van der Waals surface area contributed by atoms with Crippen LogP contribution in [0.25, 0.3) is 0 Å². The first kappa shape index (κ1) is 14.3. The van der Waals surface area contributed by atoms with Gasteiger partial charge in [-0.15, -0.1) is 0 Å². The third kappa shape index (κ3) is 4.19. The summed E-state index contributed by atoms with van der Waals surface area (Å²) < 4.78 is 5.63. The summed E-state index contributed by atoms with van der Waals surface area (Å²) in [7, 11) is 0. The summed E-state index contributed by atoms with van der Waals surface area (Å²) in [5.74, 6) is 1.82. The van der Waals surface area contributed by atoms with Crippen molar-refractivity contribution in [2.45, 2.75) is 33.2 Å². The van der Waals surface area contributed by atoms with Gasteiger partial charge in [0, 0.05) is 24.1 Å². The van der Waals surface area contributed by atoms with Crippen molar-refractivity contribution in [1.82, 2.24) is 4.98 Å². The van der Waals surface area contributed by atoms with Crippen LogP contribution >= 0.6 is 15.9 Å². The van der Waals surface area contributed by atoms with Gasteiger partial charge < -0.3 is 9.64 Å². The summed E-state index contributed by atoms with van der Waals surface area (Å²) in [5.41, 5.74) is 0. The second-order valence-electron chi connectivity index (χ2n) is 4.09. The van der Waals surface area contributed by atoms with E-state index in [2.05, 4.69) is 39.7 Å². The van der Waals surface area contributed by atoms with Crippen LogP contribution in [0, 0.1) is 0 Å². The zero-order valence-electron chi connectivity index (χ0n) is 10.8. The Hall–Kier alpha value is -0.770. The van der Waals surface area contributed by atoms with Crippen molar-refractivity contribution < 1.29 is 4.74 Å². The highest BCUT2D eigenvalue weighted by Crippen LogP contribution is 2.27. The van der Waals surface area contributed by atoms with Gasteiger partial charge in [-0.25, -0.2) is 4.98 Å². The largest absolute Gasteiger partial charge is 0.490 e. The van der Waals surface area contributed by atoms with E-state index in [4.69, 9.17) is 4.74 Å². The van der Waals surface area contributed by atoms with E-state index >= 15 is 0 Å². The van der Waals surface area contributed by atoms with Crippen LogP contribution < -0.4 is 9.64 Å². The standard InChI is InChI=1S/C13H21BrN2O/c1-4-17-12-7-5-9-15-13(12)16(11(2)3)10-6-8-14/h5,7,9,11H,4,6,8,10H2,1-3H3. The van der Waals surface area contributed by atoms with Gasteiger partial charge >= 0.3 is 0 Å². The number of nitrogens with zero attached hydrogens (tertiary/aromatic N) is 2. The number of anilines is 1. The second kappa shape index (κ2) is 7.54. The molecule has 1 heterocycles. The summed E-state index contributed by atoms with van der Waals surface area (Å²) >= 11 is 3.47. The molecule has 0 unspecified atom stereocenters. The van der Waals surface area contributed by atoms with Crippen molar-refractivity contribution in [2.75, 3.05) is 23.4 Å². The third-order valence-corrected chi connectivity index (χ3v) is 3.04. The highest BCUT2D eigenvalue weighted by atomic mass is 79.9. The molecule has 17 heavy (non-hydrogen) atoms. The van der Waals surface area contributed by atoms with Crippen molar-refractivity contribution in [3.05, 3.63) is 18.3 Å². The van der Waals surface area contributed by atoms with Crippen LogP contribution in [0.15, 0.2) is 18.3 Å². The summed E-state index contributed by atoms with van der Waals surface area (Å²) in [5, 5.41) is 1.01. The fourth-order valence-electron chi connectivity index (χ4n) is 1.70. The third-order valence-electron chi connectivity index (χ3n) is 2.48. The van der Waals surface area contributed by atoms with E-state index in [9.17, 15) is 0 Å². The molecule has 1 rings (SSSR count). The van der Waals surface area contributed by atoms with Crippen molar-refractivity contribution in [3.63, 3.8) is 0 Å². The fourth-order valence-corrected chi connectivity index (χ4v) is 1.96. The lowest BCUT2D eigenvalue weighted by Gasteiger charge is -2.29. The highest BCUT2D eigenvalue weighted by Gasteiger charge is 2.15. The Morgan fingerprint density at radius 1 is 1.47 bits per heavy atom. The van der Waals surface area contributed by atoms with E-state index in [0.717, 1.165) is 29.9 Å². The fraction of sp³-hybridized carbons (Fsp3) is 0.615. The van der Waals surface area contributed by atoms with Crippen LogP contribution in [0.2, 0.25) is 0 Å². The average Bonchev–Trinajstić information content (AvgIpc) is 2.31. The maximum absolute atomic E-state index is 5.63. The summed E-state index contributed by atoms with van der Waals surface area (Å²) in [6.45, 7) is 8.01. The predicted octanol–water partition coefficient (Wildman–Crippen LogP) is 3.48. The number of ether oxygens (including phenoxy) is 1. The van der Waals surface area contributed by atoms with E-state index in [1.165, 1.54) is 0 Å². The Bertz CT molecular complexity index is 331. The molecule has 3 nitrogen and oxygen atoms in total. The lowest BCUT2D eigenvalue weighted by Crippen LogP contribution is -2.33. The normalized spacial score (nSPS) is 10.6. The Morgan fingerprint density at radius 3 is 2.82 bits per heavy atom. The minimum absolute atomic E-state index is 0.420. The van der Waals surface area contributed by atoms with Crippen molar-refractivity contribution >= 4 is 21.7 Å². The van der Waals surface area contributed by atoms with Crippen molar-refractivity contribution in [3.8, 4) is 5.75 Å². The molecule has 1 aromatic rings. The molecule has 0 saturated heterocycles. The molecule has 0 aliphatic carbocycles. The van der Waals surface area contributed by atoms with Crippen LogP contribution in [0.1, 0.15) is 27.2 Å². The molecule has 96 valence electrons. The Morgan fingerprint density at radius 2 is 2.24 bits per heavy atom. The van der Waals surface area contributed by atoms with Gasteiger partial charge in [-0.2, -0.15) is 0 Å². The minimum Gasteiger partial charge on any atom is -0.490 e. The quantitative estimate of drug-likeness (QED) is 0.721. The van der Waals surface area contributed by atoms with Crippen LogP contribution in [0.5, 0.6) is 5.75 Å². The molecule has 0 amide bonds. The van der Waals surface area contributed by atoms with Crippen molar-refractivity contribution in [1.29, 1.82) is 0 Å². The lowest BCUT2D eigenvalue weighted by molar-refractivity contribution is 0.338. The number of hydrogen-bond acceptors (Lipinski definition) is 3. The van der Waals surface area contributed by atoms with Crippen LogP contribution in [-0.4, -0.2) is 29.5 Å². The molecule has 4 heteroatoms. The summed E-state index contributed by atoms with van der Waals surface area (Å²) in [4.78, 5) is 6.74. The number of halogens is 1. The van der Waals surface area contributed by atoms with E-state index in [1.54, 1.807) is 0 Å². The number of aromatic nitrogens is 1. The van der Waals surface area contributed by atoms with E-state index in [-0.39, 0.29) is 0 Å². The molecule has 0 aliphatic heterocycles. The summed E-state index contributed by atoms with van der Waals surface area (Å²) in [6.07, 6.45) is 2.92. The lowest BCUT2D eigenvalue weighted by atomic mass is 10.2. The molecule has 0 spiro atoms. The van der Waals surface area contributed by atoms with Gasteiger partial charge in [-0.3, -0.25) is 0 Å². The molecule has 0 bridgehead atoms. The second-order valence-corrected chi connectivity index (χ2v) is 4.88. The Labute approximate surface area is 112 Å². The Balaban J connectivity index is 2.91. The smallest absolute Gasteiger partial charge is 0.171 e. The molecular formula is C13H21BrN2O. The number of hydrogen-bond donors (Lipinski definition) is 0. The molecule has 0 aromatic carbocycles. The topological polar surface area (TPSA) is 25.4 Å². The molecule has 0 radical (unpaired) electrons. The maximum atomic E-state index is 5.63. The molecule has 0 fully saturated rings. The number of alkyl halides is 1. The maximum Gasteiger partial charge on any atom is 0.171 e. The van der Waals surface area contributed by atoms with Gasteiger partial charge in [-0.05, 0) is 39.3 Å². The van der Waals surface area contributed by atoms with Gasteiger partial charge in [0.1, 0.15) is 0 Å². The van der Waals surface area contributed by atoms with Gasteiger partial charge in [-0.1, -0.05) is 15.9 Å². The molecular weight excluding hydrogens is 280 g/mol. The molecule has 0 N–H and O–H groups in total. The Kier molecular flexibility index (Phi) is 6.34. The first-order valence-corrected chi connectivity index (χ1v) is 7.23. The molecule has 0 atom stereocenters. The summed E-state index contributed by atoms with van der Waals surface area (Å²) in [6, 6.07) is 4.32. The van der Waals surface area contributed by atoms with E-state index in [1.807, 2.05) is 25.3 Å². The average molecular weight is 301 g/mol. The zero-order chi connectivity index (χ0) is 12.7. The van der Waals surface area contributed by atoms with Gasteiger partial charge in [0.15, 0.2) is 11.6 Å². The van der Waals surface area contributed by atoms with E-state index in [0.29, 0.717) is 12.6 Å². The van der Waals surface area contributed by atoms with Crippen LogP contribution in [0.3, 0.4) is 0 Å². The SMILES string of the molecule is CCOc1cccnc1N(CCCBr)C(C)C. The first-order chi connectivity index (χ1) is 8.20. The minimum atomic E-state index is 0.420. The monoisotopic (exact) mass is 300 g/mol. The molecule has 0 aliphatic rings. The van der Waals surface area contributed by atoms with Gasteiger partial charge in [0.05, 0.1) is 6.61 Å². The first-order valence-electron chi connectivity index (χ1n) is 6.11. The van der Waals surface area contributed by atoms with Gasteiger partial charge in [0.25, 0.3) is 0 Å². The van der Waals surface area contributed by atoms with Crippen LogP contribution in [-0.2, 0) is 0 Å². The highest BCUT2D eigenvalue weighted by molar-refractivity contribution is 9.09. The van der Waals surface area contributed by atoms with E-state index < -0.39 is 0 Å². The number of pyridine rings is 1. The van der Waals surface area contributed by atoms with Gasteiger partial charge in [0.2, 0.25) is 0 Å².